The summed E-state index contributed by atoms with van der Waals surface area (Å²) >= 11 is 0. The van der Waals surface area contributed by atoms with Gasteiger partial charge >= 0.3 is 5.97 Å². The number of benzene rings is 1. The van der Waals surface area contributed by atoms with Gasteiger partial charge in [0, 0.05) is 31.3 Å². The molecule has 2 rings (SSSR count). The van der Waals surface area contributed by atoms with E-state index in [4.69, 9.17) is 14.6 Å². The standard InChI is InChI=1S/C14H19NO5/c1-14(20-7-13(17)18)8-15(9-14)6-10-3-4-11(19-2)5-12(10)16/h3-5,16H,6-9H2,1-2H3,(H,17,18). The average molecular weight is 281 g/mol. The highest BCUT2D eigenvalue weighted by molar-refractivity contribution is 5.68. The molecule has 0 saturated carbocycles. The number of hydrogen-bond acceptors (Lipinski definition) is 5. The Labute approximate surface area is 117 Å². The zero-order valence-corrected chi connectivity index (χ0v) is 11.6. The van der Waals surface area contributed by atoms with E-state index in [0.29, 0.717) is 25.4 Å². The van der Waals surface area contributed by atoms with Gasteiger partial charge in [0.25, 0.3) is 0 Å². The topological polar surface area (TPSA) is 79.2 Å². The Hall–Kier alpha value is -1.79. The van der Waals surface area contributed by atoms with Crippen LogP contribution in [0.25, 0.3) is 0 Å². The third-order valence-electron chi connectivity index (χ3n) is 3.35. The highest BCUT2D eigenvalue weighted by Gasteiger charge is 2.40. The van der Waals surface area contributed by atoms with Crippen LogP contribution in [0.4, 0.5) is 0 Å². The molecule has 0 unspecified atom stereocenters. The first-order chi connectivity index (χ1) is 9.42. The summed E-state index contributed by atoms with van der Waals surface area (Å²) in [6, 6.07) is 5.20. The normalized spacial score (nSPS) is 17.5. The highest BCUT2D eigenvalue weighted by Crippen LogP contribution is 2.30. The number of carbonyl (C=O) groups is 1. The van der Waals surface area contributed by atoms with E-state index < -0.39 is 11.6 Å². The number of carboxylic acid groups (broad SMARTS) is 1. The van der Waals surface area contributed by atoms with Crippen molar-refractivity contribution >= 4 is 5.97 Å². The third kappa shape index (κ3) is 3.40. The minimum Gasteiger partial charge on any atom is -0.507 e. The third-order valence-corrected chi connectivity index (χ3v) is 3.35. The summed E-state index contributed by atoms with van der Waals surface area (Å²) in [7, 11) is 1.55. The zero-order chi connectivity index (χ0) is 14.8. The molecule has 2 N–H and O–H groups in total. The molecule has 0 spiro atoms. The van der Waals surface area contributed by atoms with Crippen molar-refractivity contribution in [2.24, 2.45) is 0 Å². The SMILES string of the molecule is COc1ccc(CN2CC(C)(OCC(=O)O)C2)c(O)c1. The number of hydrogen-bond donors (Lipinski definition) is 2. The lowest BCUT2D eigenvalue weighted by Crippen LogP contribution is -2.61. The van der Waals surface area contributed by atoms with E-state index in [-0.39, 0.29) is 12.4 Å². The molecule has 0 bridgehead atoms. The molecule has 6 nitrogen and oxygen atoms in total. The maximum Gasteiger partial charge on any atom is 0.329 e. The number of aromatic hydroxyl groups is 1. The molecule has 110 valence electrons. The molecule has 0 aromatic heterocycles. The number of carboxylic acids is 1. The van der Waals surface area contributed by atoms with Crippen LogP contribution in [0.3, 0.4) is 0 Å². The molecule has 1 aromatic rings. The number of nitrogens with zero attached hydrogens (tertiary/aromatic N) is 1. The van der Waals surface area contributed by atoms with Crippen LogP contribution in [-0.2, 0) is 16.1 Å². The first-order valence-corrected chi connectivity index (χ1v) is 6.36. The van der Waals surface area contributed by atoms with Crippen molar-refractivity contribution in [2.75, 3.05) is 26.8 Å². The maximum atomic E-state index is 10.5. The summed E-state index contributed by atoms with van der Waals surface area (Å²) in [5.74, 6) is -0.147. The lowest BCUT2D eigenvalue weighted by atomic mass is 9.95. The van der Waals surface area contributed by atoms with Crippen LogP contribution in [0.5, 0.6) is 11.5 Å². The van der Waals surface area contributed by atoms with E-state index in [9.17, 15) is 9.90 Å². The molecule has 0 radical (unpaired) electrons. The van der Waals surface area contributed by atoms with E-state index >= 15 is 0 Å². The van der Waals surface area contributed by atoms with Gasteiger partial charge in [-0.15, -0.1) is 0 Å². The van der Waals surface area contributed by atoms with E-state index in [1.165, 1.54) is 0 Å². The predicted molar refractivity (Wildman–Crippen MR) is 71.9 cm³/mol. The van der Waals surface area contributed by atoms with E-state index in [0.717, 1.165) is 5.56 Å². The van der Waals surface area contributed by atoms with Crippen molar-refractivity contribution in [3.05, 3.63) is 23.8 Å². The molecule has 1 aliphatic heterocycles. The Kier molecular flexibility index (Phi) is 4.15. The van der Waals surface area contributed by atoms with Gasteiger partial charge in [0.05, 0.1) is 12.7 Å². The van der Waals surface area contributed by atoms with Crippen molar-refractivity contribution in [1.82, 2.24) is 4.90 Å². The number of phenolic OH excluding ortho intramolecular Hbond substituents is 1. The summed E-state index contributed by atoms with van der Waals surface area (Å²) in [5.41, 5.74) is 0.395. The van der Waals surface area contributed by atoms with Crippen LogP contribution in [0.2, 0.25) is 0 Å². The fourth-order valence-corrected chi connectivity index (χ4v) is 2.38. The van der Waals surface area contributed by atoms with Gasteiger partial charge in [-0.3, -0.25) is 4.90 Å². The molecule has 20 heavy (non-hydrogen) atoms. The van der Waals surface area contributed by atoms with Gasteiger partial charge < -0.3 is 19.7 Å². The predicted octanol–water partition coefficient (Wildman–Crippen LogP) is 1.08. The molecule has 0 aliphatic carbocycles. The van der Waals surface area contributed by atoms with Gasteiger partial charge in [0.2, 0.25) is 0 Å². The second-order valence-corrected chi connectivity index (χ2v) is 5.27. The second-order valence-electron chi connectivity index (χ2n) is 5.27. The molecular weight excluding hydrogens is 262 g/mol. The van der Waals surface area contributed by atoms with Crippen LogP contribution in [0.15, 0.2) is 18.2 Å². The summed E-state index contributed by atoms with van der Waals surface area (Å²) < 4.78 is 10.4. The molecule has 1 aromatic carbocycles. The van der Waals surface area contributed by atoms with Gasteiger partial charge in [0.15, 0.2) is 0 Å². The van der Waals surface area contributed by atoms with Gasteiger partial charge in [0.1, 0.15) is 18.1 Å². The molecule has 6 heteroatoms. The van der Waals surface area contributed by atoms with E-state index in [1.807, 2.05) is 13.0 Å². The van der Waals surface area contributed by atoms with Crippen molar-refractivity contribution in [1.29, 1.82) is 0 Å². The lowest BCUT2D eigenvalue weighted by Gasteiger charge is -2.47. The fraction of sp³-hybridized carbons (Fsp3) is 0.500. The van der Waals surface area contributed by atoms with Gasteiger partial charge in [-0.2, -0.15) is 0 Å². The number of likely N-dealkylation sites (tertiary alicyclic amines) is 1. The van der Waals surface area contributed by atoms with Crippen molar-refractivity contribution in [3.63, 3.8) is 0 Å². The van der Waals surface area contributed by atoms with Crippen molar-refractivity contribution in [2.45, 2.75) is 19.1 Å². The summed E-state index contributed by atoms with van der Waals surface area (Å²) in [5, 5.41) is 18.5. The Balaban J connectivity index is 1.86. The monoisotopic (exact) mass is 281 g/mol. The smallest absolute Gasteiger partial charge is 0.329 e. The largest absolute Gasteiger partial charge is 0.507 e. The summed E-state index contributed by atoms with van der Waals surface area (Å²) in [4.78, 5) is 12.6. The minimum atomic E-state index is -0.961. The minimum absolute atomic E-state index is 0.199. The fourth-order valence-electron chi connectivity index (χ4n) is 2.38. The summed E-state index contributed by atoms with van der Waals surface area (Å²) in [6.07, 6.45) is 0. The molecule has 1 saturated heterocycles. The molecule has 0 atom stereocenters. The van der Waals surface area contributed by atoms with Crippen molar-refractivity contribution < 1.29 is 24.5 Å². The first kappa shape index (κ1) is 14.6. The highest BCUT2D eigenvalue weighted by atomic mass is 16.5. The first-order valence-electron chi connectivity index (χ1n) is 6.36. The van der Waals surface area contributed by atoms with Crippen LogP contribution in [0.1, 0.15) is 12.5 Å². The van der Waals surface area contributed by atoms with Crippen LogP contribution >= 0.6 is 0 Å². The Bertz CT molecular complexity index is 496. The zero-order valence-electron chi connectivity index (χ0n) is 11.6. The van der Waals surface area contributed by atoms with E-state index in [1.54, 1.807) is 19.2 Å². The molecule has 1 heterocycles. The van der Waals surface area contributed by atoms with Crippen molar-refractivity contribution in [3.8, 4) is 11.5 Å². The average Bonchev–Trinajstić information content (AvgIpc) is 2.36. The molecule has 1 aliphatic rings. The van der Waals surface area contributed by atoms with Crippen LogP contribution in [0, 0.1) is 0 Å². The van der Waals surface area contributed by atoms with Gasteiger partial charge in [-0.1, -0.05) is 6.07 Å². The number of ether oxygens (including phenoxy) is 2. The van der Waals surface area contributed by atoms with Crippen LogP contribution in [-0.4, -0.2) is 53.5 Å². The lowest BCUT2D eigenvalue weighted by molar-refractivity contribution is -0.165. The number of methoxy groups -OCH3 is 1. The summed E-state index contributed by atoms with van der Waals surface area (Å²) in [6.45, 7) is 3.50. The molecule has 0 amide bonds. The van der Waals surface area contributed by atoms with Gasteiger partial charge in [-0.25, -0.2) is 4.79 Å². The Morgan fingerprint density at radius 2 is 2.15 bits per heavy atom. The number of phenols is 1. The Morgan fingerprint density at radius 1 is 1.45 bits per heavy atom. The molecule has 1 fully saturated rings. The van der Waals surface area contributed by atoms with Crippen LogP contribution < -0.4 is 4.74 Å². The van der Waals surface area contributed by atoms with E-state index in [2.05, 4.69) is 4.90 Å². The number of rotatable bonds is 6. The molecular formula is C14H19NO5. The van der Waals surface area contributed by atoms with Gasteiger partial charge in [-0.05, 0) is 13.0 Å². The second kappa shape index (κ2) is 5.68. The quantitative estimate of drug-likeness (QED) is 0.812. The maximum absolute atomic E-state index is 10.5. The number of aliphatic carboxylic acids is 1. The Morgan fingerprint density at radius 3 is 2.70 bits per heavy atom.